The molecule has 6 heteroatoms. The molecule has 2 aliphatic heterocycles. The summed E-state index contributed by atoms with van der Waals surface area (Å²) in [6, 6.07) is 0.164. The molecule has 0 aromatic rings. The Morgan fingerprint density at radius 1 is 1.26 bits per heavy atom. The summed E-state index contributed by atoms with van der Waals surface area (Å²) in [5, 5.41) is 3.28. The van der Waals surface area contributed by atoms with Gasteiger partial charge in [-0.05, 0) is 20.8 Å². The van der Waals surface area contributed by atoms with Crippen LogP contribution in [-0.4, -0.2) is 55.3 Å². The van der Waals surface area contributed by atoms with Crippen molar-refractivity contribution in [3.8, 4) is 0 Å². The Labute approximate surface area is 113 Å². The number of hydrogen-bond donors (Lipinski definition) is 1. The van der Waals surface area contributed by atoms with E-state index in [-0.39, 0.29) is 29.9 Å². The van der Waals surface area contributed by atoms with Crippen LogP contribution in [0.25, 0.3) is 0 Å². The lowest BCUT2D eigenvalue weighted by molar-refractivity contribution is -0.146. The van der Waals surface area contributed by atoms with Crippen LogP contribution in [-0.2, 0) is 14.3 Å². The number of carbonyl (C=O) groups is 2. The summed E-state index contributed by atoms with van der Waals surface area (Å²) < 4.78 is 10.2. The number of rotatable bonds is 1. The van der Waals surface area contributed by atoms with Crippen LogP contribution in [0.5, 0.6) is 0 Å². The minimum Gasteiger partial charge on any atom is -0.469 e. The number of likely N-dealkylation sites (tertiary alicyclic amines) is 1. The Morgan fingerprint density at radius 3 is 2.53 bits per heavy atom. The molecule has 0 aliphatic carbocycles. The first-order chi connectivity index (χ1) is 8.81. The Kier molecular flexibility index (Phi) is 3.71. The van der Waals surface area contributed by atoms with Gasteiger partial charge in [-0.1, -0.05) is 0 Å². The first-order valence-corrected chi connectivity index (χ1v) is 6.61. The molecular formula is C13H22N2O4. The predicted molar refractivity (Wildman–Crippen MR) is 68.6 cm³/mol. The highest BCUT2D eigenvalue weighted by atomic mass is 16.6. The van der Waals surface area contributed by atoms with Gasteiger partial charge in [-0.15, -0.1) is 0 Å². The number of amides is 1. The van der Waals surface area contributed by atoms with Crippen molar-refractivity contribution in [3.63, 3.8) is 0 Å². The molecule has 19 heavy (non-hydrogen) atoms. The highest BCUT2D eigenvalue weighted by Gasteiger charge is 2.47. The van der Waals surface area contributed by atoms with Crippen molar-refractivity contribution in [1.82, 2.24) is 10.2 Å². The molecule has 2 rings (SSSR count). The minimum absolute atomic E-state index is 0.125. The molecule has 2 aliphatic rings. The highest BCUT2D eigenvalue weighted by Crippen LogP contribution is 2.31. The van der Waals surface area contributed by atoms with E-state index in [1.54, 1.807) is 4.90 Å². The standard InChI is InChI=1S/C13H22N2O4/c1-13(2,3)19-12(17)15-6-9-8(11(16)18-4)5-14-10(9)7-15/h8-10,14H,5-7H2,1-4H3. The Morgan fingerprint density at radius 2 is 1.95 bits per heavy atom. The van der Waals surface area contributed by atoms with Crippen LogP contribution < -0.4 is 5.32 Å². The van der Waals surface area contributed by atoms with Gasteiger partial charge in [0.1, 0.15) is 5.60 Å². The van der Waals surface area contributed by atoms with Gasteiger partial charge in [0.2, 0.25) is 0 Å². The molecule has 2 fully saturated rings. The fourth-order valence-electron chi connectivity index (χ4n) is 2.77. The number of carbonyl (C=O) groups excluding carboxylic acids is 2. The number of methoxy groups -OCH3 is 1. The van der Waals surface area contributed by atoms with Gasteiger partial charge in [0.15, 0.2) is 0 Å². The Balaban J connectivity index is 1.97. The highest BCUT2D eigenvalue weighted by molar-refractivity contribution is 5.74. The van der Waals surface area contributed by atoms with Crippen molar-refractivity contribution in [2.24, 2.45) is 11.8 Å². The maximum absolute atomic E-state index is 12.0. The lowest BCUT2D eigenvalue weighted by Crippen LogP contribution is -2.38. The quantitative estimate of drug-likeness (QED) is 0.707. The van der Waals surface area contributed by atoms with Crippen molar-refractivity contribution in [2.45, 2.75) is 32.4 Å². The van der Waals surface area contributed by atoms with E-state index in [0.717, 1.165) is 0 Å². The Hall–Kier alpha value is -1.30. The summed E-state index contributed by atoms with van der Waals surface area (Å²) in [5.74, 6) is -0.242. The summed E-state index contributed by atoms with van der Waals surface area (Å²) in [6.45, 7) is 7.30. The maximum atomic E-state index is 12.0. The third-order valence-corrected chi connectivity index (χ3v) is 3.64. The lowest BCUT2D eigenvalue weighted by atomic mass is 9.93. The maximum Gasteiger partial charge on any atom is 0.410 e. The molecule has 0 radical (unpaired) electrons. The fourth-order valence-corrected chi connectivity index (χ4v) is 2.77. The average Bonchev–Trinajstić information content (AvgIpc) is 2.84. The van der Waals surface area contributed by atoms with Crippen LogP contribution in [0.3, 0.4) is 0 Å². The molecular weight excluding hydrogens is 248 g/mol. The van der Waals surface area contributed by atoms with Gasteiger partial charge in [0, 0.05) is 31.6 Å². The van der Waals surface area contributed by atoms with Crippen molar-refractivity contribution in [2.75, 3.05) is 26.7 Å². The molecule has 3 atom stereocenters. The second-order valence-corrected chi connectivity index (χ2v) is 6.19. The number of nitrogens with zero attached hydrogens (tertiary/aromatic N) is 1. The topological polar surface area (TPSA) is 67.9 Å². The van der Waals surface area contributed by atoms with E-state index in [1.165, 1.54) is 7.11 Å². The summed E-state index contributed by atoms with van der Waals surface area (Å²) in [6.07, 6.45) is -0.313. The second kappa shape index (κ2) is 5.00. The molecule has 3 unspecified atom stereocenters. The van der Waals surface area contributed by atoms with E-state index in [4.69, 9.17) is 9.47 Å². The van der Waals surface area contributed by atoms with Crippen LogP contribution in [0.15, 0.2) is 0 Å². The molecule has 2 saturated heterocycles. The Bertz CT molecular complexity index is 377. The number of nitrogens with one attached hydrogen (secondary N) is 1. The molecule has 0 aromatic carbocycles. The van der Waals surface area contributed by atoms with Crippen molar-refractivity contribution >= 4 is 12.1 Å². The average molecular weight is 270 g/mol. The lowest BCUT2D eigenvalue weighted by Gasteiger charge is -2.25. The van der Waals surface area contributed by atoms with E-state index < -0.39 is 5.60 Å². The van der Waals surface area contributed by atoms with E-state index in [2.05, 4.69) is 5.32 Å². The van der Waals surface area contributed by atoms with E-state index in [1.807, 2.05) is 20.8 Å². The monoisotopic (exact) mass is 270 g/mol. The second-order valence-electron chi connectivity index (χ2n) is 6.19. The smallest absolute Gasteiger partial charge is 0.410 e. The largest absolute Gasteiger partial charge is 0.469 e. The molecule has 1 N–H and O–H groups in total. The van der Waals surface area contributed by atoms with Crippen molar-refractivity contribution in [3.05, 3.63) is 0 Å². The van der Waals surface area contributed by atoms with Gasteiger partial charge >= 0.3 is 12.1 Å². The number of ether oxygens (including phenoxy) is 2. The molecule has 0 saturated carbocycles. The number of esters is 1. The van der Waals surface area contributed by atoms with Crippen LogP contribution >= 0.6 is 0 Å². The predicted octanol–water partition coefficient (Wildman–Crippen LogP) is 0.614. The van der Waals surface area contributed by atoms with E-state index in [9.17, 15) is 9.59 Å². The molecule has 108 valence electrons. The van der Waals surface area contributed by atoms with Gasteiger partial charge < -0.3 is 19.7 Å². The van der Waals surface area contributed by atoms with Crippen molar-refractivity contribution < 1.29 is 19.1 Å². The van der Waals surface area contributed by atoms with Gasteiger partial charge in [-0.2, -0.15) is 0 Å². The summed E-state index contributed by atoms with van der Waals surface area (Å²) in [4.78, 5) is 25.3. The third kappa shape index (κ3) is 3.00. The zero-order valence-corrected chi connectivity index (χ0v) is 11.9. The van der Waals surface area contributed by atoms with Crippen LogP contribution in [0.1, 0.15) is 20.8 Å². The first kappa shape index (κ1) is 14.1. The number of hydrogen-bond acceptors (Lipinski definition) is 5. The van der Waals surface area contributed by atoms with Gasteiger partial charge in [0.05, 0.1) is 13.0 Å². The molecule has 0 aromatic heterocycles. The van der Waals surface area contributed by atoms with E-state index in [0.29, 0.717) is 19.6 Å². The first-order valence-electron chi connectivity index (χ1n) is 6.61. The molecule has 2 heterocycles. The summed E-state index contributed by atoms with van der Waals surface area (Å²) >= 11 is 0. The zero-order chi connectivity index (χ0) is 14.2. The van der Waals surface area contributed by atoms with Crippen LogP contribution in [0.2, 0.25) is 0 Å². The molecule has 0 bridgehead atoms. The van der Waals surface area contributed by atoms with Crippen molar-refractivity contribution in [1.29, 1.82) is 0 Å². The SMILES string of the molecule is COC(=O)C1CNC2CN(C(=O)OC(C)(C)C)CC21. The normalized spacial score (nSPS) is 30.1. The van der Waals surface area contributed by atoms with E-state index >= 15 is 0 Å². The third-order valence-electron chi connectivity index (χ3n) is 3.64. The van der Waals surface area contributed by atoms with Crippen LogP contribution in [0.4, 0.5) is 4.79 Å². The van der Waals surface area contributed by atoms with Gasteiger partial charge in [0.25, 0.3) is 0 Å². The fraction of sp³-hybridized carbons (Fsp3) is 0.846. The summed E-state index contributed by atoms with van der Waals surface area (Å²) in [5.41, 5.74) is -0.496. The van der Waals surface area contributed by atoms with Crippen LogP contribution in [0, 0.1) is 11.8 Å². The molecule has 0 spiro atoms. The molecule has 1 amide bonds. The zero-order valence-electron chi connectivity index (χ0n) is 11.9. The minimum atomic E-state index is -0.496. The number of fused-ring (bicyclic) bond motifs is 1. The van der Waals surface area contributed by atoms with Gasteiger partial charge in [-0.25, -0.2) is 4.79 Å². The molecule has 6 nitrogen and oxygen atoms in total. The summed E-state index contributed by atoms with van der Waals surface area (Å²) in [7, 11) is 1.40. The van der Waals surface area contributed by atoms with Gasteiger partial charge in [-0.3, -0.25) is 4.79 Å².